The molecule has 1 aromatic rings. The highest BCUT2D eigenvalue weighted by Crippen LogP contribution is 2.32. The normalized spacial score (nSPS) is 15.1. The van der Waals surface area contributed by atoms with E-state index in [1.807, 2.05) is 18.2 Å². The van der Waals surface area contributed by atoms with E-state index in [1.165, 1.54) is 12.8 Å². The first-order valence-electron chi connectivity index (χ1n) is 6.96. The number of hydrogen-bond donors (Lipinski definition) is 1. The molecule has 6 heteroatoms. The molecule has 1 aliphatic carbocycles. The van der Waals surface area contributed by atoms with Crippen molar-refractivity contribution in [3.63, 3.8) is 0 Å². The van der Waals surface area contributed by atoms with Gasteiger partial charge in [0.25, 0.3) is 0 Å². The van der Waals surface area contributed by atoms with E-state index in [0.717, 1.165) is 18.4 Å². The van der Waals surface area contributed by atoms with Gasteiger partial charge in [0.15, 0.2) is 11.5 Å². The molecule has 0 saturated heterocycles. The zero-order valence-electron chi connectivity index (χ0n) is 12.3. The molecule has 1 amide bonds. The molecule has 6 nitrogen and oxygen atoms in total. The minimum Gasteiger partial charge on any atom is -0.493 e. The maximum absolute atomic E-state index is 10.6. The van der Waals surface area contributed by atoms with Crippen LogP contribution in [0.15, 0.2) is 23.4 Å². The zero-order chi connectivity index (χ0) is 15.2. The summed E-state index contributed by atoms with van der Waals surface area (Å²) in [4.78, 5) is 15.0. The fourth-order valence-electron chi connectivity index (χ4n) is 2.35. The third kappa shape index (κ3) is 4.65. The average molecular weight is 308 g/mol. The Bertz CT molecular complexity index is 537. The highest BCUT2D eigenvalue weighted by molar-refractivity contribution is 5.99. The van der Waals surface area contributed by atoms with E-state index in [9.17, 15) is 4.79 Å². The lowest BCUT2D eigenvalue weighted by Gasteiger charge is -2.16. The van der Waals surface area contributed by atoms with Gasteiger partial charge in [0, 0.05) is 5.56 Å². The molecule has 0 aromatic heterocycles. The van der Waals surface area contributed by atoms with Crippen molar-refractivity contribution < 1.29 is 19.1 Å². The number of carbonyl (C=O) groups is 1. The Morgan fingerprint density at radius 3 is 2.55 bits per heavy atom. The van der Waals surface area contributed by atoms with Crippen LogP contribution in [0, 0.1) is 0 Å². The smallest absolute Gasteiger partial charge is 0.430 e. The van der Waals surface area contributed by atoms with Crippen molar-refractivity contribution in [1.82, 2.24) is 0 Å². The minimum absolute atomic E-state index is 0. The number of rotatable bonds is 5. The van der Waals surface area contributed by atoms with E-state index in [4.69, 9.17) is 15.2 Å². The maximum atomic E-state index is 10.6. The molecule has 22 heavy (non-hydrogen) atoms. The Hall–Kier alpha value is -2.24. The summed E-state index contributed by atoms with van der Waals surface area (Å²) in [5.41, 5.74) is 6.21. The van der Waals surface area contributed by atoms with Gasteiger partial charge in [0.05, 0.1) is 18.9 Å². The quantitative estimate of drug-likeness (QED) is 0.513. The van der Waals surface area contributed by atoms with Crippen LogP contribution in [0.25, 0.3) is 0 Å². The Morgan fingerprint density at radius 2 is 1.95 bits per heavy atom. The molecular weight excluding hydrogens is 284 g/mol. The number of nitrogens with zero attached hydrogens (tertiary/aromatic N) is 1. The van der Waals surface area contributed by atoms with Gasteiger partial charge in [-0.2, -0.15) is 0 Å². The molecular formula is C16H24N2O4. The zero-order valence-corrected chi connectivity index (χ0v) is 12.3. The highest BCUT2D eigenvalue weighted by atomic mass is 16.7. The lowest BCUT2D eigenvalue weighted by Crippen LogP contribution is -2.13. The number of carbonyl (C=O) groups excluding carboxylic acids is 1. The van der Waals surface area contributed by atoms with Crippen LogP contribution in [-0.2, 0) is 4.84 Å². The number of primary amides is 1. The first-order chi connectivity index (χ1) is 10.1. The Labute approximate surface area is 131 Å². The second-order valence-electron chi connectivity index (χ2n) is 4.98. The number of benzene rings is 1. The van der Waals surface area contributed by atoms with E-state index in [-0.39, 0.29) is 13.5 Å². The van der Waals surface area contributed by atoms with Gasteiger partial charge in [0.2, 0.25) is 0 Å². The molecule has 122 valence electrons. The average Bonchev–Trinajstić information content (AvgIpc) is 2.97. The monoisotopic (exact) mass is 308 g/mol. The van der Waals surface area contributed by atoms with Crippen molar-refractivity contribution >= 4 is 11.8 Å². The van der Waals surface area contributed by atoms with Crippen LogP contribution in [0.1, 0.15) is 45.6 Å². The van der Waals surface area contributed by atoms with E-state index in [0.29, 0.717) is 17.2 Å². The van der Waals surface area contributed by atoms with E-state index >= 15 is 0 Å². The van der Waals surface area contributed by atoms with Gasteiger partial charge in [-0.15, -0.1) is 0 Å². The summed E-state index contributed by atoms with van der Waals surface area (Å²) in [6.07, 6.45) is 3.80. The summed E-state index contributed by atoms with van der Waals surface area (Å²) in [5, 5.41) is 3.67. The summed E-state index contributed by atoms with van der Waals surface area (Å²) in [5.74, 6) is 1.35. The van der Waals surface area contributed by atoms with Gasteiger partial charge in [-0.25, -0.2) is 4.79 Å². The van der Waals surface area contributed by atoms with Crippen LogP contribution < -0.4 is 15.2 Å². The van der Waals surface area contributed by atoms with Crippen molar-refractivity contribution in [2.75, 3.05) is 7.11 Å². The summed E-state index contributed by atoms with van der Waals surface area (Å²) in [6, 6.07) is 5.47. The van der Waals surface area contributed by atoms with Gasteiger partial charge in [-0.3, -0.25) is 4.84 Å². The van der Waals surface area contributed by atoms with Gasteiger partial charge in [-0.05, 0) is 50.8 Å². The molecule has 0 atom stereocenters. The highest BCUT2D eigenvalue weighted by Gasteiger charge is 2.19. The van der Waals surface area contributed by atoms with Crippen LogP contribution in [0.3, 0.4) is 0 Å². The number of oxime groups is 1. The Kier molecular flexibility index (Phi) is 6.69. The van der Waals surface area contributed by atoms with Gasteiger partial charge < -0.3 is 15.2 Å². The van der Waals surface area contributed by atoms with E-state index in [2.05, 4.69) is 9.99 Å². The summed E-state index contributed by atoms with van der Waals surface area (Å²) >= 11 is 0. The number of hydrogen-bond acceptors (Lipinski definition) is 5. The maximum Gasteiger partial charge on any atom is 0.430 e. The van der Waals surface area contributed by atoms with E-state index < -0.39 is 6.09 Å². The van der Waals surface area contributed by atoms with Crippen molar-refractivity contribution in [3.05, 3.63) is 23.8 Å². The number of methoxy groups -OCH3 is 1. The fourth-order valence-corrected chi connectivity index (χ4v) is 2.35. The minimum atomic E-state index is -0.940. The van der Waals surface area contributed by atoms with Crippen LogP contribution in [-0.4, -0.2) is 25.0 Å². The Morgan fingerprint density at radius 1 is 1.27 bits per heavy atom. The molecule has 1 aromatic carbocycles. The van der Waals surface area contributed by atoms with Crippen molar-refractivity contribution in [1.29, 1.82) is 0 Å². The SMILES string of the molecule is C.COc1ccc(/C(C)=N/OC(N)=O)cc1OC1CCCC1. The molecule has 1 fully saturated rings. The molecule has 0 spiro atoms. The number of nitrogens with two attached hydrogens (primary N) is 1. The lowest BCUT2D eigenvalue weighted by molar-refractivity contribution is 0.161. The molecule has 2 N–H and O–H groups in total. The third-order valence-corrected chi connectivity index (χ3v) is 3.45. The first kappa shape index (κ1) is 17.8. The number of ether oxygens (including phenoxy) is 2. The van der Waals surface area contributed by atoms with Crippen LogP contribution in [0.4, 0.5) is 4.79 Å². The largest absolute Gasteiger partial charge is 0.493 e. The molecule has 1 saturated carbocycles. The van der Waals surface area contributed by atoms with Crippen molar-refractivity contribution in [2.24, 2.45) is 10.9 Å². The standard InChI is InChI=1S/C15H20N2O4.CH4/c1-10(17-21-15(16)18)11-7-8-13(19-2)14(9-11)20-12-5-3-4-6-12;/h7-9,12H,3-6H2,1-2H3,(H2,16,18);1H4/b17-10+;. The van der Waals surface area contributed by atoms with Gasteiger partial charge in [0.1, 0.15) is 0 Å². The molecule has 0 radical (unpaired) electrons. The van der Waals surface area contributed by atoms with Crippen molar-refractivity contribution in [3.8, 4) is 11.5 Å². The third-order valence-electron chi connectivity index (χ3n) is 3.45. The molecule has 1 aliphatic rings. The van der Waals surface area contributed by atoms with E-state index in [1.54, 1.807) is 14.0 Å². The van der Waals surface area contributed by atoms with Crippen LogP contribution in [0.5, 0.6) is 11.5 Å². The van der Waals surface area contributed by atoms with Crippen LogP contribution >= 0.6 is 0 Å². The Balaban J connectivity index is 0.00000242. The number of amides is 1. The molecule has 0 bridgehead atoms. The predicted octanol–water partition coefficient (Wildman–Crippen LogP) is 3.47. The van der Waals surface area contributed by atoms with Crippen LogP contribution in [0.2, 0.25) is 0 Å². The molecule has 0 aliphatic heterocycles. The molecule has 0 unspecified atom stereocenters. The van der Waals surface area contributed by atoms with Gasteiger partial charge in [-0.1, -0.05) is 12.6 Å². The summed E-state index contributed by atoms with van der Waals surface area (Å²) in [7, 11) is 1.60. The molecule has 2 rings (SSSR count). The van der Waals surface area contributed by atoms with Gasteiger partial charge >= 0.3 is 6.09 Å². The fraction of sp³-hybridized carbons (Fsp3) is 0.500. The summed E-state index contributed by atoms with van der Waals surface area (Å²) in [6.45, 7) is 1.73. The molecule has 0 heterocycles. The first-order valence-corrected chi connectivity index (χ1v) is 6.96. The van der Waals surface area contributed by atoms with Crippen molar-refractivity contribution in [2.45, 2.75) is 46.1 Å². The topological polar surface area (TPSA) is 83.1 Å². The second kappa shape index (κ2) is 8.26. The lowest BCUT2D eigenvalue weighted by atomic mass is 10.1. The second-order valence-corrected chi connectivity index (χ2v) is 4.98. The predicted molar refractivity (Wildman–Crippen MR) is 85.5 cm³/mol. The summed E-state index contributed by atoms with van der Waals surface area (Å²) < 4.78 is 11.3.